The number of nitrogens with zero attached hydrogens (tertiary/aromatic N) is 3. The molecule has 5 nitrogen and oxygen atoms in total. The van der Waals surface area contributed by atoms with E-state index >= 15 is 0 Å². The maximum atomic E-state index is 12.8. The average molecular weight is 316 g/mol. The number of hydrogen-bond donors (Lipinski definition) is 1. The number of aromatic nitrogens is 1. The smallest absolute Gasteiger partial charge is 0.219 e. The first kappa shape index (κ1) is 16.7. The van der Waals surface area contributed by atoms with E-state index in [9.17, 15) is 4.39 Å². The number of pyridine rings is 1. The molecule has 0 fully saturated rings. The molecule has 1 aromatic heterocycles. The van der Waals surface area contributed by atoms with Gasteiger partial charge in [0, 0.05) is 25.4 Å². The summed E-state index contributed by atoms with van der Waals surface area (Å²) >= 11 is 0. The summed E-state index contributed by atoms with van der Waals surface area (Å²) in [5.74, 6) is 1.21. The van der Waals surface area contributed by atoms with Gasteiger partial charge < -0.3 is 15.4 Å². The third-order valence-electron chi connectivity index (χ3n) is 3.34. The zero-order chi connectivity index (χ0) is 16.7. The molecule has 0 saturated heterocycles. The largest absolute Gasteiger partial charge is 0.439 e. The molecule has 6 heteroatoms. The Hall–Kier alpha value is -2.63. The van der Waals surface area contributed by atoms with Gasteiger partial charge in [0.2, 0.25) is 5.88 Å². The number of ether oxygens (including phenoxy) is 1. The van der Waals surface area contributed by atoms with Crippen LogP contribution in [0.4, 0.5) is 4.39 Å². The summed E-state index contributed by atoms with van der Waals surface area (Å²) < 4.78 is 18.4. The molecule has 0 aliphatic carbocycles. The Morgan fingerprint density at radius 1 is 1.17 bits per heavy atom. The number of halogens is 1. The van der Waals surface area contributed by atoms with Gasteiger partial charge in [-0.15, -0.1) is 0 Å². The monoisotopic (exact) mass is 316 g/mol. The van der Waals surface area contributed by atoms with Gasteiger partial charge in [0.1, 0.15) is 11.6 Å². The molecule has 0 aliphatic rings. The van der Waals surface area contributed by atoms with Crippen molar-refractivity contribution in [3.8, 4) is 11.6 Å². The maximum absolute atomic E-state index is 12.8. The van der Waals surface area contributed by atoms with Crippen LogP contribution in [0.25, 0.3) is 0 Å². The van der Waals surface area contributed by atoms with Gasteiger partial charge in [-0.1, -0.05) is 6.07 Å². The lowest BCUT2D eigenvalue weighted by atomic mass is 10.3. The summed E-state index contributed by atoms with van der Waals surface area (Å²) in [5.41, 5.74) is 6.87. The molecule has 122 valence electrons. The SMILES string of the molecule is CCN(CC)C(N)=NCc1ccc(Oc2ccc(F)cc2)nc1. The predicted octanol–water partition coefficient (Wildman–Crippen LogP) is 3.17. The number of hydrogen-bond acceptors (Lipinski definition) is 3. The third kappa shape index (κ3) is 4.95. The minimum atomic E-state index is -0.302. The van der Waals surface area contributed by atoms with Crippen molar-refractivity contribution in [3.63, 3.8) is 0 Å². The van der Waals surface area contributed by atoms with Crippen LogP contribution in [0.1, 0.15) is 19.4 Å². The lowest BCUT2D eigenvalue weighted by molar-refractivity contribution is 0.457. The molecule has 2 rings (SSSR count). The van der Waals surface area contributed by atoms with E-state index in [0.29, 0.717) is 24.1 Å². The van der Waals surface area contributed by atoms with Crippen molar-refractivity contribution in [3.05, 3.63) is 54.0 Å². The van der Waals surface area contributed by atoms with Gasteiger partial charge in [-0.05, 0) is 43.7 Å². The van der Waals surface area contributed by atoms with E-state index in [-0.39, 0.29) is 5.82 Å². The summed E-state index contributed by atoms with van der Waals surface area (Å²) in [7, 11) is 0. The van der Waals surface area contributed by atoms with Crippen molar-refractivity contribution in [2.45, 2.75) is 20.4 Å². The highest BCUT2D eigenvalue weighted by Crippen LogP contribution is 2.19. The second-order valence-corrected chi connectivity index (χ2v) is 4.91. The molecule has 0 atom stereocenters. The van der Waals surface area contributed by atoms with Crippen LogP contribution in [0.15, 0.2) is 47.6 Å². The van der Waals surface area contributed by atoms with Crippen molar-refractivity contribution < 1.29 is 9.13 Å². The average Bonchev–Trinajstić information content (AvgIpc) is 2.57. The zero-order valence-corrected chi connectivity index (χ0v) is 13.4. The molecule has 0 unspecified atom stereocenters. The summed E-state index contributed by atoms with van der Waals surface area (Å²) in [4.78, 5) is 10.6. The molecule has 0 bridgehead atoms. The Balaban J connectivity index is 1.96. The van der Waals surface area contributed by atoms with E-state index in [4.69, 9.17) is 10.5 Å². The van der Waals surface area contributed by atoms with Crippen LogP contribution in [0.5, 0.6) is 11.6 Å². The van der Waals surface area contributed by atoms with Crippen LogP contribution < -0.4 is 10.5 Å². The topological polar surface area (TPSA) is 63.7 Å². The van der Waals surface area contributed by atoms with Crippen LogP contribution in [0.2, 0.25) is 0 Å². The quantitative estimate of drug-likeness (QED) is 0.657. The van der Waals surface area contributed by atoms with Gasteiger partial charge in [0.25, 0.3) is 0 Å². The number of guanidine groups is 1. The number of aliphatic imine (C=N–C) groups is 1. The molecule has 0 aliphatic heterocycles. The Morgan fingerprint density at radius 3 is 2.43 bits per heavy atom. The number of nitrogens with two attached hydrogens (primary N) is 1. The molecule has 2 aromatic rings. The summed E-state index contributed by atoms with van der Waals surface area (Å²) in [6.45, 7) is 6.19. The molecule has 2 N–H and O–H groups in total. The van der Waals surface area contributed by atoms with Gasteiger partial charge in [0.05, 0.1) is 6.54 Å². The van der Waals surface area contributed by atoms with E-state index in [0.717, 1.165) is 18.7 Å². The van der Waals surface area contributed by atoms with E-state index in [1.54, 1.807) is 24.4 Å². The van der Waals surface area contributed by atoms with Gasteiger partial charge in [0.15, 0.2) is 5.96 Å². The van der Waals surface area contributed by atoms with E-state index in [1.807, 2.05) is 24.8 Å². The fourth-order valence-electron chi connectivity index (χ4n) is 2.01. The van der Waals surface area contributed by atoms with Crippen molar-refractivity contribution in [1.29, 1.82) is 0 Å². The number of benzene rings is 1. The van der Waals surface area contributed by atoms with E-state index < -0.39 is 0 Å². The van der Waals surface area contributed by atoms with Gasteiger partial charge >= 0.3 is 0 Å². The molecule has 23 heavy (non-hydrogen) atoms. The summed E-state index contributed by atoms with van der Waals surface area (Å²) in [6.07, 6.45) is 1.69. The third-order valence-corrected chi connectivity index (χ3v) is 3.34. The molecule has 0 spiro atoms. The molecule has 0 saturated carbocycles. The minimum absolute atomic E-state index is 0.302. The lowest BCUT2D eigenvalue weighted by Gasteiger charge is -2.19. The summed E-state index contributed by atoms with van der Waals surface area (Å²) in [6, 6.07) is 9.43. The molecule has 0 amide bonds. The second-order valence-electron chi connectivity index (χ2n) is 4.91. The van der Waals surface area contributed by atoms with Gasteiger partial charge in [-0.3, -0.25) is 0 Å². The van der Waals surface area contributed by atoms with Crippen LogP contribution >= 0.6 is 0 Å². The number of rotatable bonds is 6. The highest BCUT2D eigenvalue weighted by molar-refractivity contribution is 5.77. The molecule has 1 heterocycles. The second kappa shape index (κ2) is 8.12. The van der Waals surface area contributed by atoms with Crippen molar-refractivity contribution in [2.24, 2.45) is 10.7 Å². The molecular formula is C17H21FN4O. The Kier molecular flexibility index (Phi) is 5.91. The molecular weight excluding hydrogens is 295 g/mol. The van der Waals surface area contributed by atoms with E-state index in [1.165, 1.54) is 12.1 Å². The predicted molar refractivity (Wildman–Crippen MR) is 89.0 cm³/mol. The van der Waals surface area contributed by atoms with Crippen molar-refractivity contribution in [2.75, 3.05) is 13.1 Å². The Labute approximate surface area is 135 Å². The maximum Gasteiger partial charge on any atom is 0.219 e. The zero-order valence-electron chi connectivity index (χ0n) is 13.4. The molecule has 0 radical (unpaired) electrons. The standard InChI is InChI=1S/C17H21FN4O/c1-3-22(4-2)17(19)21-12-13-5-10-16(20-11-13)23-15-8-6-14(18)7-9-15/h5-11H,3-4,12H2,1-2H3,(H2,19,21). The fraction of sp³-hybridized carbons (Fsp3) is 0.294. The Bertz CT molecular complexity index is 637. The lowest BCUT2D eigenvalue weighted by Crippen LogP contribution is -2.37. The van der Waals surface area contributed by atoms with Crippen molar-refractivity contribution >= 4 is 5.96 Å². The van der Waals surface area contributed by atoms with Crippen molar-refractivity contribution in [1.82, 2.24) is 9.88 Å². The van der Waals surface area contributed by atoms with Gasteiger partial charge in [-0.25, -0.2) is 14.4 Å². The molecule has 1 aromatic carbocycles. The first-order valence-corrected chi connectivity index (χ1v) is 7.55. The van der Waals surface area contributed by atoms with Crippen LogP contribution in [-0.4, -0.2) is 28.9 Å². The first-order valence-electron chi connectivity index (χ1n) is 7.55. The van der Waals surface area contributed by atoms with E-state index in [2.05, 4.69) is 9.98 Å². The highest BCUT2D eigenvalue weighted by Gasteiger charge is 2.03. The van der Waals surface area contributed by atoms with Crippen LogP contribution in [0.3, 0.4) is 0 Å². The Morgan fingerprint density at radius 2 is 1.87 bits per heavy atom. The summed E-state index contributed by atoms with van der Waals surface area (Å²) in [5, 5.41) is 0. The minimum Gasteiger partial charge on any atom is -0.439 e. The van der Waals surface area contributed by atoms with Crippen LogP contribution in [0, 0.1) is 5.82 Å². The first-order chi connectivity index (χ1) is 11.1. The highest BCUT2D eigenvalue weighted by atomic mass is 19.1. The van der Waals surface area contributed by atoms with Gasteiger partial charge in [-0.2, -0.15) is 0 Å². The fourth-order valence-corrected chi connectivity index (χ4v) is 2.01. The van der Waals surface area contributed by atoms with Crippen LogP contribution in [-0.2, 0) is 6.54 Å². The normalized spacial score (nSPS) is 11.3.